The fourth-order valence-electron chi connectivity index (χ4n) is 4.14. The van der Waals surface area contributed by atoms with Crippen molar-refractivity contribution in [1.82, 2.24) is 0 Å². The van der Waals surface area contributed by atoms with Crippen LogP contribution in [-0.4, -0.2) is 22.2 Å². The van der Waals surface area contributed by atoms with Gasteiger partial charge in [-0.25, -0.2) is 9.59 Å². The van der Waals surface area contributed by atoms with E-state index in [0.717, 1.165) is 32.7 Å². The third kappa shape index (κ3) is 3.66. The number of ether oxygens (including phenoxy) is 1. The van der Waals surface area contributed by atoms with Crippen LogP contribution in [0, 0.1) is 0 Å². The molecule has 5 rings (SSSR count). The van der Waals surface area contributed by atoms with Crippen LogP contribution in [0.1, 0.15) is 20.7 Å². The molecule has 160 valence electrons. The maximum absolute atomic E-state index is 11.6. The lowest BCUT2D eigenvalue weighted by molar-refractivity contribution is 0.0651. The SMILES string of the molecule is O=C(O)c1ccc(Oc2ccc3ccccc3c2-c2cccc3ccccc23)cc1C(=O)O. The Morgan fingerprint density at radius 3 is 1.97 bits per heavy atom. The number of hydrogen-bond acceptors (Lipinski definition) is 3. The molecule has 0 unspecified atom stereocenters. The summed E-state index contributed by atoms with van der Waals surface area (Å²) in [4.78, 5) is 23.0. The van der Waals surface area contributed by atoms with Crippen LogP contribution in [0.15, 0.2) is 97.1 Å². The molecule has 0 saturated heterocycles. The largest absolute Gasteiger partial charge is 0.478 e. The van der Waals surface area contributed by atoms with Gasteiger partial charge >= 0.3 is 11.9 Å². The molecule has 33 heavy (non-hydrogen) atoms. The second kappa shape index (κ2) is 8.13. The van der Waals surface area contributed by atoms with Crippen molar-refractivity contribution in [2.45, 2.75) is 0 Å². The quantitative estimate of drug-likeness (QED) is 0.316. The van der Waals surface area contributed by atoms with Gasteiger partial charge in [-0.15, -0.1) is 0 Å². The monoisotopic (exact) mass is 434 g/mol. The average Bonchev–Trinajstić information content (AvgIpc) is 2.83. The molecule has 0 saturated carbocycles. The van der Waals surface area contributed by atoms with E-state index in [1.807, 2.05) is 72.8 Å². The minimum absolute atomic E-state index is 0.245. The molecule has 0 aliphatic carbocycles. The summed E-state index contributed by atoms with van der Waals surface area (Å²) in [6, 6.07) is 29.9. The summed E-state index contributed by atoms with van der Waals surface area (Å²) >= 11 is 0. The van der Waals surface area contributed by atoms with Crippen molar-refractivity contribution < 1.29 is 24.5 Å². The predicted molar refractivity (Wildman–Crippen MR) is 127 cm³/mol. The molecule has 5 heteroatoms. The van der Waals surface area contributed by atoms with Gasteiger partial charge in [0, 0.05) is 5.56 Å². The van der Waals surface area contributed by atoms with Crippen LogP contribution in [0.25, 0.3) is 32.7 Å². The molecule has 5 nitrogen and oxygen atoms in total. The van der Waals surface area contributed by atoms with Gasteiger partial charge in [0.2, 0.25) is 0 Å². The summed E-state index contributed by atoms with van der Waals surface area (Å²) in [5.41, 5.74) is 1.25. The van der Waals surface area contributed by atoms with Crippen LogP contribution in [0.3, 0.4) is 0 Å². The van der Waals surface area contributed by atoms with Gasteiger partial charge in [-0.1, -0.05) is 72.8 Å². The topological polar surface area (TPSA) is 83.8 Å². The van der Waals surface area contributed by atoms with Crippen molar-refractivity contribution in [3.05, 3.63) is 108 Å². The van der Waals surface area contributed by atoms with Gasteiger partial charge in [0.15, 0.2) is 0 Å². The van der Waals surface area contributed by atoms with Crippen LogP contribution in [-0.2, 0) is 0 Å². The minimum Gasteiger partial charge on any atom is -0.478 e. The predicted octanol–water partition coefficient (Wildman–Crippen LogP) is 6.85. The molecule has 0 radical (unpaired) electrons. The highest BCUT2D eigenvalue weighted by Gasteiger charge is 2.19. The summed E-state index contributed by atoms with van der Waals surface area (Å²) in [7, 11) is 0. The molecule has 2 N–H and O–H groups in total. The summed E-state index contributed by atoms with van der Waals surface area (Å²) < 4.78 is 6.19. The smallest absolute Gasteiger partial charge is 0.336 e. The van der Waals surface area contributed by atoms with Gasteiger partial charge in [-0.3, -0.25) is 0 Å². The van der Waals surface area contributed by atoms with Gasteiger partial charge in [0.1, 0.15) is 11.5 Å². The Morgan fingerprint density at radius 1 is 0.606 bits per heavy atom. The zero-order valence-electron chi connectivity index (χ0n) is 17.4. The number of fused-ring (bicyclic) bond motifs is 2. The first-order chi connectivity index (χ1) is 16.0. The first-order valence-electron chi connectivity index (χ1n) is 10.3. The van der Waals surface area contributed by atoms with E-state index in [2.05, 4.69) is 6.07 Å². The molecule has 5 aromatic carbocycles. The lowest BCUT2D eigenvalue weighted by atomic mass is 9.93. The molecule has 0 bridgehead atoms. The maximum Gasteiger partial charge on any atom is 0.336 e. The van der Waals surface area contributed by atoms with Crippen LogP contribution >= 0.6 is 0 Å². The highest BCUT2D eigenvalue weighted by molar-refractivity contribution is 6.08. The van der Waals surface area contributed by atoms with E-state index in [9.17, 15) is 19.8 Å². The molecule has 0 fully saturated rings. The van der Waals surface area contributed by atoms with Crippen molar-refractivity contribution in [2.24, 2.45) is 0 Å². The second-order valence-electron chi connectivity index (χ2n) is 7.61. The fraction of sp³-hybridized carbons (Fsp3) is 0. The molecule has 0 atom stereocenters. The molecule has 0 spiro atoms. The summed E-state index contributed by atoms with van der Waals surface area (Å²) in [6.45, 7) is 0. The molecule has 0 aliphatic heterocycles. The van der Waals surface area contributed by atoms with E-state index in [4.69, 9.17) is 4.74 Å². The molecular weight excluding hydrogens is 416 g/mol. The van der Waals surface area contributed by atoms with Gasteiger partial charge in [0.05, 0.1) is 11.1 Å². The summed E-state index contributed by atoms with van der Waals surface area (Å²) in [6.07, 6.45) is 0. The number of carbonyl (C=O) groups is 2. The Bertz CT molecular complexity index is 1550. The van der Waals surface area contributed by atoms with Crippen LogP contribution in [0.4, 0.5) is 0 Å². The lowest BCUT2D eigenvalue weighted by Gasteiger charge is -2.17. The number of benzene rings is 5. The number of rotatable bonds is 5. The summed E-state index contributed by atoms with van der Waals surface area (Å²) in [5, 5.41) is 23.0. The minimum atomic E-state index is -1.33. The molecular formula is C28H18O5. The first-order valence-corrected chi connectivity index (χ1v) is 10.3. The number of aromatic carboxylic acids is 2. The maximum atomic E-state index is 11.6. The van der Waals surface area contributed by atoms with Crippen LogP contribution in [0.5, 0.6) is 11.5 Å². The van der Waals surface area contributed by atoms with Crippen molar-refractivity contribution >= 4 is 33.5 Å². The van der Waals surface area contributed by atoms with Gasteiger partial charge < -0.3 is 14.9 Å². The fourth-order valence-corrected chi connectivity index (χ4v) is 4.14. The Morgan fingerprint density at radius 2 is 1.24 bits per heavy atom. The van der Waals surface area contributed by atoms with Crippen LogP contribution in [0.2, 0.25) is 0 Å². The van der Waals surface area contributed by atoms with Crippen molar-refractivity contribution in [3.8, 4) is 22.6 Å². The van der Waals surface area contributed by atoms with E-state index >= 15 is 0 Å². The van der Waals surface area contributed by atoms with Crippen molar-refractivity contribution in [3.63, 3.8) is 0 Å². The summed E-state index contributed by atoms with van der Waals surface area (Å²) in [5.74, 6) is -1.84. The van der Waals surface area contributed by atoms with E-state index in [1.165, 1.54) is 18.2 Å². The second-order valence-corrected chi connectivity index (χ2v) is 7.61. The van der Waals surface area contributed by atoms with Crippen molar-refractivity contribution in [2.75, 3.05) is 0 Å². The highest BCUT2D eigenvalue weighted by Crippen LogP contribution is 2.42. The van der Waals surface area contributed by atoms with E-state index in [0.29, 0.717) is 5.75 Å². The highest BCUT2D eigenvalue weighted by atomic mass is 16.5. The zero-order chi connectivity index (χ0) is 22.9. The number of hydrogen-bond donors (Lipinski definition) is 2. The number of carboxylic acid groups (broad SMARTS) is 2. The molecule has 5 aromatic rings. The van der Waals surface area contributed by atoms with Gasteiger partial charge in [0.25, 0.3) is 0 Å². The van der Waals surface area contributed by atoms with Gasteiger partial charge in [-0.05, 0) is 51.4 Å². The Balaban J connectivity index is 1.73. The Kier molecular flexibility index (Phi) is 4.99. The molecule has 0 aliphatic rings. The standard InChI is InChI=1S/C28H18O5/c29-27(30)23-14-13-19(16-24(23)28(31)32)33-25-15-12-18-7-2-4-10-21(18)26(25)22-11-5-8-17-6-1-3-9-20(17)22/h1-16H,(H,29,30)(H,31,32). The molecule has 0 heterocycles. The van der Waals surface area contributed by atoms with Gasteiger partial charge in [-0.2, -0.15) is 0 Å². The molecule has 0 amide bonds. The normalized spacial score (nSPS) is 10.9. The first kappa shape index (κ1) is 20.3. The van der Waals surface area contributed by atoms with E-state index in [1.54, 1.807) is 0 Å². The Hall–Kier alpha value is -4.64. The van der Waals surface area contributed by atoms with E-state index in [-0.39, 0.29) is 16.9 Å². The van der Waals surface area contributed by atoms with E-state index < -0.39 is 11.9 Å². The van der Waals surface area contributed by atoms with Crippen LogP contribution < -0.4 is 4.74 Å². The number of carboxylic acids is 2. The Labute approximate surface area is 189 Å². The third-order valence-corrected chi connectivity index (χ3v) is 5.63. The van der Waals surface area contributed by atoms with Crippen molar-refractivity contribution in [1.29, 1.82) is 0 Å². The molecule has 0 aromatic heterocycles. The zero-order valence-corrected chi connectivity index (χ0v) is 17.4. The average molecular weight is 434 g/mol. The third-order valence-electron chi connectivity index (χ3n) is 5.63. The lowest BCUT2D eigenvalue weighted by Crippen LogP contribution is -2.08.